The maximum Gasteiger partial charge on any atom is 0.164 e. The number of hydrogen-bond donors (Lipinski definition) is 0. The molecule has 0 unspecified atom stereocenters. The number of para-hydroxylation sites is 1. The van der Waals surface area contributed by atoms with Crippen molar-refractivity contribution < 1.29 is 4.42 Å². The SMILES string of the molecule is CC1(C)c2ccccc2-c2cc3c(cc21)oc1c3ccc2c1c1ccccc1n2-c1ccc(-c2cccc(-c3nc(-c4ccccc4)nc(-c4ccccc4)n3)c2)cc1. The fourth-order valence-electron chi connectivity index (χ4n) is 9.34. The van der Waals surface area contributed by atoms with Gasteiger partial charge in [-0.2, -0.15) is 0 Å². The molecule has 8 aromatic carbocycles. The highest BCUT2D eigenvalue weighted by molar-refractivity contribution is 6.24. The van der Waals surface area contributed by atoms with Gasteiger partial charge in [-0.05, 0) is 81.9 Å². The Morgan fingerprint density at radius 2 is 1.05 bits per heavy atom. The quantitative estimate of drug-likeness (QED) is 0.175. The molecule has 1 aliphatic carbocycles. The Labute approximate surface area is 340 Å². The van der Waals surface area contributed by atoms with E-state index in [4.69, 9.17) is 19.4 Å². The summed E-state index contributed by atoms with van der Waals surface area (Å²) in [6, 6.07) is 64.1. The van der Waals surface area contributed by atoms with Gasteiger partial charge in [-0.1, -0.05) is 147 Å². The topological polar surface area (TPSA) is 56.7 Å². The summed E-state index contributed by atoms with van der Waals surface area (Å²) >= 11 is 0. The standard InChI is InChI=1S/C54H36N4O/c1-54(2)44-22-11-9-20-39(44)42-31-43-40-28-29-47-49(50(40)59-48(43)32-45(42)54)41-21-10-12-23-46(41)58(47)38-26-24-33(25-27-38)36-18-13-19-37(30-36)53-56-51(34-14-5-3-6-15-34)55-52(57-53)35-16-7-4-8-17-35/h3-32H,1-2H3. The van der Waals surface area contributed by atoms with Gasteiger partial charge in [0.15, 0.2) is 17.5 Å². The molecule has 0 atom stereocenters. The van der Waals surface area contributed by atoms with Crippen LogP contribution in [0.15, 0.2) is 186 Å². The smallest absolute Gasteiger partial charge is 0.164 e. The summed E-state index contributed by atoms with van der Waals surface area (Å²) in [7, 11) is 0. The zero-order valence-electron chi connectivity index (χ0n) is 32.5. The number of nitrogens with zero attached hydrogens (tertiary/aromatic N) is 4. The third kappa shape index (κ3) is 5.14. The van der Waals surface area contributed by atoms with Crippen molar-refractivity contribution in [3.63, 3.8) is 0 Å². The molecular weight excluding hydrogens is 721 g/mol. The van der Waals surface area contributed by atoms with E-state index in [0.717, 1.165) is 71.9 Å². The number of rotatable bonds is 5. The second-order valence-corrected chi connectivity index (χ2v) is 16.0. The van der Waals surface area contributed by atoms with Crippen LogP contribution in [0.2, 0.25) is 0 Å². The van der Waals surface area contributed by atoms with Crippen LogP contribution in [-0.4, -0.2) is 19.5 Å². The molecule has 278 valence electrons. The molecule has 0 radical (unpaired) electrons. The Kier molecular flexibility index (Phi) is 7.20. The van der Waals surface area contributed by atoms with Gasteiger partial charge >= 0.3 is 0 Å². The van der Waals surface area contributed by atoms with Crippen molar-refractivity contribution in [2.45, 2.75) is 19.3 Å². The molecule has 5 heteroatoms. The number of fused-ring (bicyclic) bond motifs is 10. The van der Waals surface area contributed by atoms with Crippen LogP contribution in [0.1, 0.15) is 25.0 Å². The maximum absolute atomic E-state index is 6.90. The van der Waals surface area contributed by atoms with E-state index in [0.29, 0.717) is 17.5 Å². The molecular formula is C54H36N4O. The number of benzene rings is 8. The molecule has 0 amide bonds. The highest BCUT2D eigenvalue weighted by atomic mass is 16.3. The molecule has 59 heavy (non-hydrogen) atoms. The minimum absolute atomic E-state index is 0.0947. The zero-order chi connectivity index (χ0) is 39.2. The second-order valence-electron chi connectivity index (χ2n) is 16.0. The van der Waals surface area contributed by atoms with Crippen molar-refractivity contribution in [2.24, 2.45) is 0 Å². The molecule has 0 saturated carbocycles. The van der Waals surface area contributed by atoms with Gasteiger partial charge in [-0.15, -0.1) is 0 Å². The lowest BCUT2D eigenvalue weighted by molar-refractivity contribution is 0.649. The van der Waals surface area contributed by atoms with E-state index in [2.05, 4.69) is 140 Å². The fraction of sp³-hybridized carbons (Fsp3) is 0.0556. The largest absolute Gasteiger partial charge is 0.455 e. The average Bonchev–Trinajstić information content (AvgIpc) is 3.91. The summed E-state index contributed by atoms with van der Waals surface area (Å²) in [5.41, 5.74) is 15.4. The van der Waals surface area contributed by atoms with Gasteiger partial charge in [0.1, 0.15) is 11.2 Å². The number of aromatic nitrogens is 4. The minimum Gasteiger partial charge on any atom is -0.455 e. The predicted molar refractivity (Wildman–Crippen MR) is 241 cm³/mol. The van der Waals surface area contributed by atoms with E-state index in [1.165, 1.54) is 27.6 Å². The highest BCUT2D eigenvalue weighted by Gasteiger charge is 2.36. The molecule has 11 aromatic rings. The normalized spacial score (nSPS) is 13.1. The zero-order valence-corrected chi connectivity index (χ0v) is 32.5. The Balaban J connectivity index is 0.953. The van der Waals surface area contributed by atoms with Crippen LogP contribution in [0.3, 0.4) is 0 Å². The maximum atomic E-state index is 6.90. The Morgan fingerprint density at radius 1 is 0.424 bits per heavy atom. The Morgan fingerprint density at radius 3 is 1.80 bits per heavy atom. The molecule has 0 bridgehead atoms. The third-order valence-electron chi connectivity index (χ3n) is 12.3. The first-order chi connectivity index (χ1) is 29.0. The van der Waals surface area contributed by atoms with Crippen molar-refractivity contribution in [2.75, 3.05) is 0 Å². The summed E-state index contributed by atoms with van der Waals surface area (Å²) < 4.78 is 9.26. The van der Waals surface area contributed by atoms with Crippen molar-refractivity contribution in [1.82, 2.24) is 19.5 Å². The number of hydrogen-bond acceptors (Lipinski definition) is 4. The van der Waals surface area contributed by atoms with E-state index in [9.17, 15) is 0 Å². The van der Waals surface area contributed by atoms with Gasteiger partial charge in [0.25, 0.3) is 0 Å². The molecule has 12 rings (SSSR count). The van der Waals surface area contributed by atoms with Crippen molar-refractivity contribution in [3.8, 4) is 62.1 Å². The van der Waals surface area contributed by atoms with E-state index in [1.54, 1.807) is 0 Å². The lowest BCUT2D eigenvalue weighted by Crippen LogP contribution is -2.14. The van der Waals surface area contributed by atoms with Crippen LogP contribution in [-0.2, 0) is 5.41 Å². The molecule has 0 N–H and O–H groups in total. The minimum atomic E-state index is -0.0947. The molecule has 0 fully saturated rings. The first-order valence-electron chi connectivity index (χ1n) is 20.1. The summed E-state index contributed by atoms with van der Waals surface area (Å²) in [6.07, 6.45) is 0. The molecule has 0 saturated heterocycles. The van der Waals surface area contributed by atoms with E-state index >= 15 is 0 Å². The van der Waals surface area contributed by atoms with Gasteiger partial charge in [-0.3, -0.25) is 0 Å². The lowest BCUT2D eigenvalue weighted by atomic mass is 9.82. The monoisotopic (exact) mass is 756 g/mol. The van der Waals surface area contributed by atoms with Crippen LogP contribution in [0, 0.1) is 0 Å². The first kappa shape index (κ1) is 33.5. The van der Waals surface area contributed by atoms with Gasteiger partial charge in [0.05, 0.1) is 16.4 Å². The molecule has 0 spiro atoms. The molecule has 0 aliphatic heterocycles. The Bertz CT molecular complexity index is 3390. The van der Waals surface area contributed by atoms with E-state index < -0.39 is 0 Å². The summed E-state index contributed by atoms with van der Waals surface area (Å²) in [6.45, 7) is 4.64. The lowest BCUT2D eigenvalue weighted by Gasteiger charge is -2.21. The van der Waals surface area contributed by atoms with E-state index in [-0.39, 0.29) is 5.41 Å². The summed E-state index contributed by atoms with van der Waals surface area (Å²) in [5.74, 6) is 1.93. The molecule has 3 aromatic heterocycles. The van der Waals surface area contributed by atoms with Crippen LogP contribution < -0.4 is 0 Å². The van der Waals surface area contributed by atoms with Crippen LogP contribution in [0.25, 0.3) is 106 Å². The second kappa shape index (κ2) is 12.7. The van der Waals surface area contributed by atoms with Crippen molar-refractivity contribution in [1.29, 1.82) is 0 Å². The van der Waals surface area contributed by atoms with Crippen LogP contribution in [0.5, 0.6) is 0 Å². The Hall–Kier alpha value is -7.63. The summed E-state index contributed by atoms with van der Waals surface area (Å²) in [5, 5.41) is 4.60. The summed E-state index contributed by atoms with van der Waals surface area (Å²) in [4.78, 5) is 14.8. The highest BCUT2D eigenvalue weighted by Crippen LogP contribution is 2.51. The van der Waals surface area contributed by atoms with Crippen molar-refractivity contribution >= 4 is 43.7 Å². The van der Waals surface area contributed by atoms with Crippen molar-refractivity contribution in [3.05, 3.63) is 193 Å². The van der Waals surface area contributed by atoms with Gasteiger partial charge in [0.2, 0.25) is 0 Å². The van der Waals surface area contributed by atoms with Gasteiger partial charge in [-0.25, -0.2) is 15.0 Å². The number of furan rings is 1. The van der Waals surface area contributed by atoms with Crippen LogP contribution in [0.4, 0.5) is 0 Å². The first-order valence-corrected chi connectivity index (χ1v) is 20.1. The molecule has 3 heterocycles. The average molecular weight is 757 g/mol. The van der Waals surface area contributed by atoms with E-state index in [1.807, 2.05) is 60.7 Å². The van der Waals surface area contributed by atoms with Gasteiger partial charge < -0.3 is 8.98 Å². The van der Waals surface area contributed by atoms with Crippen LogP contribution >= 0.6 is 0 Å². The van der Waals surface area contributed by atoms with Gasteiger partial charge in [0, 0.05) is 44.0 Å². The third-order valence-corrected chi connectivity index (χ3v) is 12.3. The molecule has 1 aliphatic rings. The molecule has 5 nitrogen and oxygen atoms in total. The fourth-order valence-corrected chi connectivity index (χ4v) is 9.34. The predicted octanol–water partition coefficient (Wildman–Crippen LogP) is 13.8.